The van der Waals surface area contributed by atoms with Crippen LogP contribution in [0, 0.1) is 0 Å². The highest BCUT2D eigenvalue weighted by molar-refractivity contribution is 6.30. The number of amides is 5. The summed E-state index contributed by atoms with van der Waals surface area (Å²) in [5.41, 5.74) is 2.22. The smallest absolute Gasteiger partial charge is 0.258 e. The van der Waals surface area contributed by atoms with Gasteiger partial charge in [0, 0.05) is 35.9 Å². The Bertz CT molecular complexity index is 1250. The van der Waals surface area contributed by atoms with Crippen LogP contribution in [0.25, 0.3) is 0 Å². The third kappa shape index (κ3) is 3.46. The predicted octanol–water partition coefficient (Wildman–Crippen LogP) is 2.08. The molecular formula is C26H23N3O6. The quantitative estimate of drug-likeness (QED) is 0.490. The molecule has 1 aromatic carbocycles. The van der Waals surface area contributed by atoms with Gasteiger partial charge in [-0.1, -0.05) is 6.07 Å². The first kappa shape index (κ1) is 21.7. The van der Waals surface area contributed by atoms with E-state index in [1.54, 1.807) is 18.2 Å². The van der Waals surface area contributed by atoms with Crippen LogP contribution in [0.4, 0.5) is 11.4 Å². The Balaban J connectivity index is 1.28. The number of epoxide rings is 1. The summed E-state index contributed by atoms with van der Waals surface area (Å²) >= 11 is 0. The molecule has 9 nitrogen and oxygen atoms in total. The number of hydrogen-bond acceptors (Lipinski definition) is 6. The summed E-state index contributed by atoms with van der Waals surface area (Å²) in [4.78, 5) is 66.2. The second-order valence-electron chi connectivity index (χ2n) is 9.49. The number of hydrogen-bond donors (Lipinski definition) is 0. The van der Waals surface area contributed by atoms with Crippen LogP contribution in [0.15, 0.2) is 54.2 Å². The normalized spacial score (nSPS) is 29.9. The summed E-state index contributed by atoms with van der Waals surface area (Å²) in [5, 5.41) is 0. The van der Waals surface area contributed by atoms with E-state index in [2.05, 4.69) is 0 Å². The summed E-state index contributed by atoms with van der Waals surface area (Å²) in [6.07, 6.45) is 9.58. The van der Waals surface area contributed by atoms with Crippen molar-refractivity contribution in [3.63, 3.8) is 0 Å². The Labute approximate surface area is 201 Å². The van der Waals surface area contributed by atoms with Crippen LogP contribution in [0.5, 0.6) is 0 Å². The molecule has 1 aliphatic carbocycles. The van der Waals surface area contributed by atoms with Gasteiger partial charge in [0.1, 0.15) is 6.10 Å². The molecular weight excluding hydrogens is 450 g/mol. The molecule has 1 aromatic rings. The number of imide groups is 2. The summed E-state index contributed by atoms with van der Waals surface area (Å²) in [6.45, 7) is 1.82. The highest BCUT2D eigenvalue weighted by Gasteiger charge is 2.51. The standard InChI is InChI=1S/C26H23N3O6/c1-14-12-20-26(35-20)28(25(14)34)16-4-2-15(3-5-16)18-7-6-17(27-21(30)8-9-22(27)31)13-19(18)29-23(32)10-11-24(29)33/h6-13,15-16,20,26H,2-5H2,1H3. The van der Waals surface area contributed by atoms with Gasteiger partial charge in [-0.2, -0.15) is 0 Å². The Morgan fingerprint density at radius 1 is 0.800 bits per heavy atom. The van der Waals surface area contributed by atoms with Crippen molar-refractivity contribution >= 4 is 40.9 Å². The molecule has 9 heteroatoms. The molecule has 0 N–H and O–H groups in total. The SMILES string of the molecule is CC1=CC2OC2N(C2CCC(c3ccc(N4C(=O)C=CC4=O)cc3N3C(=O)C=CC3=O)CC2)C1=O. The highest BCUT2D eigenvalue weighted by atomic mass is 16.6. The van der Waals surface area contributed by atoms with Crippen LogP contribution < -0.4 is 9.80 Å². The molecule has 0 aromatic heterocycles. The molecule has 2 fully saturated rings. The fourth-order valence-corrected chi connectivity index (χ4v) is 5.64. The largest absolute Gasteiger partial charge is 0.343 e. The molecule has 2 unspecified atom stereocenters. The van der Waals surface area contributed by atoms with E-state index >= 15 is 0 Å². The van der Waals surface area contributed by atoms with Crippen molar-refractivity contribution in [3.8, 4) is 0 Å². The van der Waals surface area contributed by atoms with Gasteiger partial charge < -0.3 is 9.64 Å². The van der Waals surface area contributed by atoms with E-state index in [0.717, 1.165) is 41.0 Å². The lowest BCUT2D eigenvalue weighted by Gasteiger charge is -2.38. The number of ether oxygens (including phenoxy) is 1. The summed E-state index contributed by atoms with van der Waals surface area (Å²) in [7, 11) is 0. The number of rotatable bonds is 4. The molecule has 1 saturated heterocycles. The maximum atomic E-state index is 12.8. The van der Waals surface area contributed by atoms with Crippen LogP contribution in [0.2, 0.25) is 0 Å². The van der Waals surface area contributed by atoms with Crippen LogP contribution in [0.1, 0.15) is 44.1 Å². The van der Waals surface area contributed by atoms with E-state index in [0.29, 0.717) is 16.9 Å². The maximum Gasteiger partial charge on any atom is 0.258 e. The predicted molar refractivity (Wildman–Crippen MR) is 124 cm³/mol. The zero-order chi connectivity index (χ0) is 24.4. The third-order valence-corrected chi connectivity index (χ3v) is 7.42. The Hall–Kier alpha value is -3.85. The highest BCUT2D eigenvalue weighted by Crippen LogP contribution is 2.44. The van der Waals surface area contributed by atoms with Gasteiger partial charge >= 0.3 is 0 Å². The Morgan fingerprint density at radius 3 is 2.03 bits per heavy atom. The monoisotopic (exact) mass is 473 g/mol. The molecule has 4 aliphatic heterocycles. The second-order valence-corrected chi connectivity index (χ2v) is 9.49. The van der Waals surface area contributed by atoms with E-state index < -0.39 is 23.6 Å². The third-order valence-electron chi connectivity index (χ3n) is 7.42. The van der Waals surface area contributed by atoms with Gasteiger partial charge in [0.15, 0.2) is 6.23 Å². The Morgan fingerprint density at radius 2 is 1.40 bits per heavy atom. The van der Waals surface area contributed by atoms with Crippen LogP contribution in [-0.4, -0.2) is 52.8 Å². The molecule has 5 amide bonds. The van der Waals surface area contributed by atoms with Gasteiger partial charge in [0.2, 0.25) is 0 Å². The molecule has 0 spiro atoms. The second kappa shape index (κ2) is 7.84. The van der Waals surface area contributed by atoms with E-state index in [1.165, 1.54) is 24.3 Å². The minimum atomic E-state index is -0.470. The number of carbonyl (C=O) groups is 5. The number of benzene rings is 1. The first-order valence-corrected chi connectivity index (χ1v) is 11.8. The zero-order valence-corrected chi connectivity index (χ0v) is 19.0. The van der Waals surface area contributed by atoms with Crippen LogP contribution in [-0.2, 0) is 28.7 Å². The number of anilines is 2. The van der Waals surface area contributed by atoms with Gasteiger partial charge in [-0.25, -0.2) is 9.80 Å². The molecule has 178 valence electrons. The molecule has 2 atom stereocenters. The molecule has 6 rings (SSSR count). The summed E-state index contributed by atoms with van der Waals surface area (Å²) < 4.78 is 5.66. The van der Waals surface area contributed by atoms with E-state index in [1.807, 2.05) is 17.9 Å². The molecule has 4 heterocycles. The van der Waals surface area contributed by atoms with Crippen molar-refractivity contribution < 1.29 is 28.7 Å². The summed E-state index contributed by atoms with van der Waals surface area (Å²) in [6, 6.07) is 5.12. The van der Waals surface area contributed by atoms with Gasteiger partial charge in [-0.3, -0.25) is 24.0 Å². The first-order chi connectivity index (χ1) is 16.8. The van der Waals surface area contributed by atoms with Crippen molar-refractivity contribution in [2.75, 3.05) is 9.80 Å². The number of carbonyl (C=O) groups excluding carboxylic acids is 5. The summed E-state index contributed by atoms with van der Waals surface area (Å²) in [5.74, 6) is -1.79. The zero-order valence-electron chi connectivity index (χ0n) is 19.0. The molecule has 0 bridgehead atoms. The minimum Gasteiger partial charge on any atom is -0.343 e. The minimum absolute atomic E-state index is 0.00485. The molecule has 5 aliphatic rings. The van der Waals surface area contributed by atoms with Crippen LogP contribution in [0.3, 0.4) is 0 Å². The maximum absolute atomic E-state index is 12.8. The van der Waals surface area contributed by atoms with Crippen LogP contribution >= 0.6 is 0 Å². The molecule has 1 saturated carbocycles. The lowest BCUT2D eigenvalue weighted by Crippen LogP contribution is -2.46. The molecule has 0 radical (unpaired) electrons. The van der Waals surface area contributed by atoms with E-state index in [-0.39, 0.29) is 30.2 Å². The van der Waals surface area contributed by atoms with Gasteiger partial charge in [0.05, 0.1) is 11.4 Å². The molecule has 35 heavy (non-hydrogen) atoms. The van der Waals surface area contributed by atoms with E-state index in [9.17, 15) is 24.0 Å². The fraction of sp³-hybridized carbons (Fsp3) is 0.346. The van der Waals surface area contributed by atoms with Crippen molar-refractivity contribution in [1.29, 1.82) is 0 Å². The van der Waals surface area contributed by atoms with E-state index in [4.69, 9.17) is 4.74 Å². The average molecular weight is 473 g/mol. The van der Waals surface area contributed by atoms with Crippen molar-refractivity contribution in [2.45, 2.75) is 56.9 Å². The number of nitrogens with zero attached hydrogens (tertiary/aromatic N) is 3. The fourth-order valence-electron chi connectivity index (χ4n) is 5.64. The topological polar surface area (TPSA) is 108 Å². The van der Waals surface area contributed by atoms with Crippen molar-refractivity contribution in [1.82, 2.24) is 4.90 Å². The van der Waals surface area contributed by atoms with Crippen molar-refractivity contribution in [3.05, 3.63) is 59.7 Å². The van der Waals surface area contributed by atoms with Gasteiger partial charge in [-0.15, -0.1) is 0 Å². The van der Waals surface area contributed by atoms with Gasteiger partial charge in [0.25, 0.3) is 29.5 Å². The first-order valence-electron chi connectivity index (χ1n) is 11.8. The van der Waals surface area contributed by atoms with Crippen molar-refractivity contribution in [2.24, 2.45) is 0 Å². The lowest BCUT2D eigenvalue weighted by molar-refractivity contribution is -0.133. The average Bonchev–Trinajstić information content (AvgIpc) is 3.41. The Kier molecular flexibility index (Phi) is 4.86. The van der Waals surface area contributed by atoms with Gasteiger partial charge in [-0.05, 0) is 62.3 Å². The lowest BCUT2D eigenvalue weighted by atomic mass is 9.80. The number of fused-ring (bicyclic) bond motifs is 1.